The number of fused-ring (bicyclic) bond motifs is 1. The molecule has 12 heteroatoms. The number of halogens is 3. The van der Waals surface area contributed by atoms with E-state index in [0.717, 1.165) is 17.7 Å². The second kappa shape index (κ2) is 12.0. The predicted octanol–water partition coefficient (Wildman–Crippen LogP) is 4.47. The highest BCUT2D eigenvalue weighted by atomic mass is 19.4. The number of H-pyrrole nitrogens is 1. The van der Waals surface area contributed by atoms with Gasteiger partial charge in [0.25, 0.3) is 0 Å². The van der Waals surface area contributed by atoms with Gasteiger partial charge in [-0.25, -0.2) is 9.78 Å². The Kier molecular flexibility index (Phi) is 8.98. The minimum absolute atomic E-state index is 0.114. The average Bonchev–Trinajstić information content (AvgIpc) is 3.26. The summed E-state index contributed by atoms with van der Waals surface area (Å²) in [6, 6.07) is 9.15. The molecule has 1 atom stereocenters. The number of nitrogens with zero attached hydrogens (tertiary/aromatic N) is 3. The van der Waals surface area contributed by atoms with E-state index in [4.69, 9.17) is 0 Å². The zero-order valence-corrected chi connectivity index (χ0v) is 20.5. The lowest BCUT2D eigenvalue weighted by atomic mass is 10.0. The number of aromatic nitrogens is 2. The molecule has 2 amide bonds. The molecule has 0 saturated carbocycles. The van der Waals surface area contributed by atoms with Gasteiger partial charge in [-0.15, -0.1) is 0 Å². The molecule has 37 heavy (non-hydrogen) atoms. The highest BCUT2D eigenvalue weighted by Gasteiger charge is 2.31. The van der Waals surface area contributed by atoms with E-state index < -0.39 is 23.9 Å². The van der Waals surface area contributed by atoms with Gasteiger partial charge in [0.2, 0.25) is 11.9 Å². The number of anilines is 1. The molecule has 1 aromatic heterocycles. The summed E-state index contributed by atoms with van der Waals surface area (Å²) in [5.74, 6) is -0.0867. The Bertz CT molecular complexity index is 1230. The van der Waals surface area contributed by atoms with E-state index in [1.165, 1.54) is 21.9 Å². The van der Waals surface area contributed by atoms with Gasteiger partial charge in [0.15, 0.2) is 0 Å². The van der Waals surface area contributed by atoms with E-state index in [0.29, 0.717) is 24.1 Å². The molecule has 1 heterocycles. The first kappa shape index (κ1) is 27.8. The number of hydrogen-bond acceptors (Lipinski definition) is 5. The van der Waals surface area contributed by atoms with Gasteiger partial charge >= 0.3 is 12.3 Å². The van der Waals surface area contributed by atoms with Crippen LogP contribution in [0.25, 0.3) is 11.0 Å². The van der Waals surface area contributed by atoms with Crippen molar-refractivity contribution in [3.05, 3.63) is 59.2 Å². The van der Waals surface area contributed by atoms with Crippen LogP contribution < -0.4 is 5.32 Å². The Morgan fingerprint density at radius 1 is 1.11 bits per heavy atom. The monoisotopic (exact) mass is 521 g/mol. The van der Waals surface area contributed by atoms with Crippen molar-refractivity contribution in [3.63, 3.8) is 0 Å². The van der Waals surface area contributed by atoms with Crippen LogP contribution in [0.15, 0.2) is 42.5 Å². The van der Waals surface area contributed by atoms with E-state index in [9.17, 15) is 33.0 Å². The van der Waals surface area contributed by atoms with Crippen molar-refractivity contribution in [1.82, 2.24) is 19.8 Å². The van der Waals surface area contributed by atoms with Crippen molar-refractivity contribution < 1.29 is 33.0 Å². The number of carbonyl (C=O) groups is 2. The zero-order chi connectivity index (χ0) is 27.2. The molecule has 3 aromatic rings. The van der Waals surface area contributed by atoms with Gasteiger partial charge in [-0.2, -0.15) is 13.2 Å². The summed E-state index contributed by atoms with van der Waals surface area (Å²) in [6.07, 6.45) is -5.75. The molecule has 200 valence electrons. The van der Waals surface area contributed by atoms with Gasteiger partial charge in [0.1, 0.15) is 0 Å². The standard InChI is InChI=1S/C25H30F3N5O4/c1-3-32(10-11-34)22(35)14-20(17-6-5-7-18(13-17)25(26,27)28)30-23-29-19-9-8-16(12-21(19)31-23)15-33(4-2)24(36)37/h5-9,12-13,20,34H,3-4,10-11,14-15H2,1-2H3,(H,36,37)(H2,29,30,31). The number of aromatic amines is 1. The Morgan fingerprint density at radius 3 is 2.46 bits per heavy atom. The third kappa shape index (κ3) is 7.13. The molecule has 1 unspecified atom stereocenters. The minimum atomic E-state index is -4.55. The number of aliphatic hydroxyl groups is 1. The number of carbonyl (C=O) groups excluding carboxylic acids is 1. The smallest absolute Gasteiger partial charge is 0.416 e. The first-order chi connectivity index (χ1) is 17.5. The van der Waals surface area contributed by atoms with Gasteiger partial charge in [-0.3, -0.25) is 4.79 Å². The number of likely N-dealkylation sites (N-methyl/N-ethyl adjacent to an activating group) is 1. The van der Waals surface area contributed by atoms with Crippen molar-refractivity contribution in [1.29, 1.82) is 0 Å². The fourth-order valence-electron chi connectivity index (χ4n) is 3.99. The Balaban J connectivity index is 1.91. The normalized spacial score (nSPS) is 12.4. The van der Waals surface area contributed by atoms with Gasteiger partial charge < -0.3 is 30.3 Å². The lowest BCUT2D eigenvalue weighted by molar-refractivity contribution is -0.137. The summed E-state index contributed by atoms with van der Waals surface area (Å²) in [5, 5.41) is 21.6. The molecule has 0 saturated heterocycles. The lowest BCUT2D eigenvalue weighted by Gasteiger charge is -2.24. The summed E-state index contributed by atoms with van der Waals surface area (Å²) >= 11 is 0. The maximum Gasteiger partial charge on any atom is 0.416 e. The fourth-order valence-corrected chi connectivity index (χ4v) is 3.99. The Labute approximate surface area is 211 Å². The van der Waals surface area contributed by atoms with Crippen LogP contribution in [0.3, 0.4) is 0 Å². The van der Waals surface area contributed by atoms with E-state index >= 15 is 0 Å². The highest BCUT2D eigenvalue weighted by Crippen LogP contribution is 2.32. The Hall–Kier alpha value is -3.80. The molecule has 9 nitrogen and oxygen atoms in total. The molecule has 3 rings (SSSR count). The van der Waals surface area contributed by atoms with Crippen LogP contribution in [0.2, 0.25) is 0 Å². The number of alkyl halides is 3. The van der Waals surface area contributed by atoms with Crippen molar-refractivity contribution in [2.75, 3.05) is 31.6 Å². The van der Waals surface area contributed by atoms with Gasteiger partial charge in [-0.1, -0.05) is 18.2 Å². The summed E-state index contributed by atoms with van der Waals surface area (Å²) < 4.78 is 40.1. The number of amides is 2. The van der Waals surface area contributed by atoms with Crippen LogP contribution >= 0.6 is 0 Å². The summed E-state index contributed by atoms with van der Waals surface area (Å²) in [7, 11) is 0. The van der Waals surface area contributed by atoms with Crippen LogP contribution in [0.5, 0.6) is 0 Å². The lowest BCUT2D eigenvalue weighted by Crippen LogP contribution is -2.35. The summed E-state index contributed by atoms with van der Waals surface area (Å²) in [4.78, 5) is 34.4. The molecule has 0 aliphatic rings. The number of imidazole rings is 1. The summed E-state index contributed by atoms with van der Waals surface area (Å²) in [6.45, 7) is 4.20. The van der Waals surface area contributed by atoms with Gasteiger partial charge in [0, 0.05) is 26.2 Å². The third-order valence-corrected chi connectivity index (χ3v) is 5.98. The molecule has 0 radical (unpaired) electrons. The number of nitrogens with one attached hydrogen (secondary N) is 2. The number of hydrogen-bond donors (Lipinski definition) is 4. The van der Waals surface area contributed by atoms with Crippen molar-refractivity contribution in [3.8, 4) is 0 Å². The topological polar surface area (TPSA) is 122 Å². The molecule has 0 fully saturated rings. The van der Waals surface area contributed by atoms with Crippen LogP contribution in [-0.2, 0) is 17.5 Å². The van der Waals surface area contributed by atoms with Crippen LogP contribution in [0.1, 0.15) is 43.0 Å². The Morgan fingerprint density at radius 2 is 1.84 bits per heavy atom. The first-order valence-corrected chi connectivity index (χ1v) is 11.8. The second-order valence-corrected chi connectivity index (χ2v) is 8.45. The third-order valence-electron chi connectivity index (χ3n) is 5.98. The summed E-state index contributed by atoms with van der Waals surface area (Å²) in [5.41, 5.74) is 1.31. The zero-order valence-electron chi connectivity index (χ0n) is 20.5. The molecular formula is C25H30F3N5O4. The van der Waals surface area contributed by atoms with Crippen LogP contribution in [0.4, 0.5) is 23.9 Å². The SMILES string of the molecule is CCN(Cc1ccc2[nH]c(NC(CC(=O)N(CC)CCO)c3cccc(C(F)(F)F)c3)nc2c1)C(=O)O. The number of aliphatic hydroxyl groups excluding tert-OH is 1. The van der Waals surface area contributed by atoms with E-state index in [2.05, 4.69) is 15.3 Å². The molecular weight excluding hydrogens is 491 g/mol. The van der Waals surface area contributed by atoms with Crippen molar-refractivity contribution in [2.24, 2.45) is 0 Å². The van der Waals surface area contributed by atoms with Gasteiger partial charge in [0.05, 0.1) is 35.7 Å². The van der Waals surface area contributed by atoms with E-state index in [-0.39, 0.29) is 43.5 Å². The minimum Gasteiger partial charge on any atom is -0.465 e. The maximum atomic E-state index is 13.4. The first-order valence-electron chi connectivity index (χ1n) is 11.8. The molecule has 0 spiro atoms. The quantitative estimate of drug-likeness (QED) is 0.296. The van der Waals surface area contributed by atoms with Crippen LogP contribution in [-0.4, -0.2) is 68.2 Å². The number of benzene rings is 2. The molecule has 0 aliphatic carbocycles. The molecule has 0 bridgehead atoms. The van der Waals surface area contributed by atoms with Gasteiger partial charge in [-0.05, 0) is 49.2 Å². The van der Waals surface area contributed by atoms with Crippen LogP contribution in [0, 0.1) is 0 Å². The molecule has 4 N–H and O–H groups in total. The van der Waals surface area contributed by atoms with Crippen molar-refractivity contribution in [2.45, 2.75) is 39.0 Å². The van der Waals surface area contributed by atoms with Crippen molar-refractivity contribution >= 4 is 29.0 Å². The van der Waals surface area contributed by atoms with E-state index in [1.54, 1.807) is 32.0 Å². The second-order valence-electron chi connectivity index (χ2n) is 8.45. The number of carboxylic acid groups (broad SMARTS) is 1. The predicted molar refractivity (Wildman–Crippen MR) is 132 cm³/mol. The fraction of sp³-hybridized carbons (Fsp3) is 0.400. The molecule has 0 aliphatic heterocycles. The maximum absolute atomic E-state index is 13.4. The molecule has 2 aromatic carbocycles. The largest absolute Gasteiger partial charge is 0.465 e. The van der Waals surface area contributed by atoms with E-state index in [1.807, 2.05) is 0 Å². The highest BCUT2D eigenvalue weighted by molar-refractivity contribution is 5.79. The average molecular weight is 522 g/mol. The number of rotatable bonds is 11.